The van der Waals surface area contributed by atoms with Crippen LogP contribution in [-0.4, -0.2) is 33.1 Å². The molecule has 1 rings (SSSR count). The highest BCUT2D eigenvalue weighted by Crippen LogP contribution is 2.16. The number of nitrogens with one attached hydrogen (secondary N) is 1. The molecule has 0 fully saturated rings. The smallest absolute Gasteiger partial charge is 0.270 e. The van der Waals surface area contributed by atoms with E-state index in [9.17, 15) is 18.5 Å². The number of nitro benzene ring substituents is 1. The van der Waals surface area contributed by atoms with E-state index < -0.39 is 14.9 Å². The van der Waals surface area contributed by atoms with Gasteiger partial charge in [-0.05, 0) is 19.4 Å². The fourth-order valence-electron chi connectivity index (χ4n) is 1.37. The molecule has 1 N–H and O–H groups in total. The lowest BCUT2D eigenvalue weighted by atomic mass is 10.3. The van der Waals surface area contributed by atoms with Crippen LogP contribution in [0.3, 0.4) is 0 Å². The molecule has 1 aromatic rings. The van der Waals surface area contributed by atoms with Gasteiger partial charge in [0.2, 0.25) is 10.0 Å². The molecule has 8 heteroatoms. The van der Waals surface area contributed by atoms with Gasteiger partial charge in [-0.15, -0.1) is 0 Å². The van der Waals surface area contributed by atoms with E-state index in [0.717, 1.165) is 6.07 Å². The van der Waals surface area contributed by atoms with Gasteiger partial charge in [-0.3, -0.25) is 10.1 Å². The topological polar surface area (TPSA) is 98.5 Å². The van der Waals surface area contributed by atoms with E-state index in [1.165, 1.54) is 18.2 Å². The van der Waals surface area contributed by atoms with Gasteiger partial charge < -0.3 is 4.74 Å². The van der Waals surface area contributed by atoms with Crippen LogP contribution in [0.25, 0.3) is 0 Å². The number of rotatable bonds is 8. The molecule has 19 heavy (non-hydrogen) atoms. The average molecular weight is 288 g/mol. The minimum absolute atomic E-state index is 0.113. The molecule has 0 amide bonds. The molecule has 0 spiro atoms. The van der Waals surface area contributed by atoms with Gasteiger partial charge in [-0.2, -0.15) is 0 Å². The van der Waals surface area contributed by atoms with E-state index in [1.54, 1.807) is 0 Å². The summed E-state index contributed by atoms with van der Waals surface area (Å²) in [5.41, 5.74) is -0.253. The number of nitrogens with zero attached hydrogens (tertiary/aromatic N) is 1. The monoisotopic (exact) mass is 288 g/mol. The minimum Gasteiger partial charge on any atom is -0.382 e. The second kappa shape index (κ2) is 7.17. The van der Waals surface area contributed by atoms with Crippen molar-refractivity contribution in [3.63, 3.8) is 0 Å². The summed E-state index contributed by atoms with van der Waals surface area (Å²) >= 11 is 0. The maximum atomic E-state index is 11.9. The molecule has 1 aromatic carbocycles. The Kier molecular flexibility index (Phi) is 5.87. The van der Waals surface area contributed by atoms with Gasteiger partial charge in [0.25, 0.3) is 5.69 Å². The molecule has 0 aromatic heterocycles. The van der Waals surface area contributed by atoms with Crippen LogP contribution in [0.2, 0.25) is 0 Å². The standard InChI is InChI=1S/C11H16N2O5S/c1-2-18-8-4-7-12-19(16,17)11-6-3-5-10(9-11)13(14)15/h3,5-6,9,12H,2,4,7-8H2,1H3. The lowest BCUT2D eigenvalue weighted by Gasteiger charge is -2.06. The third kappa shape index (κ3) is 4.93. The van der Waals surface area contributed by atoms with Gasteiger partial charge in [0, 0.05) is 31.9 Å². The number of non-ortho nitro benzene ring substituents is 1. The summed E-state index contributed by atoms with van der Waals surface area (Å²) in [6.45, 7) is 3.13. The van der Waals surface area contributed by atoms with E-state index in [2.05, 4.69) is 4.72 Å². The zero-order valence-corrected chi connectivity index (χ0v) is 11.4. The Morgan fingerprint density at radius 2 is 2.16 bits per heavy atom. The molecule has 106 valence electrons. The van der Waals surface area contributed by atoms with Crippen molar-refractivity contribution < 1.29 is 18.1 Å². The Balaban J connectivity index is 2.66. The van der Waals surface area contributed by atoms with Gasteiger partial charge in [0.05, 0.1) is 9.82 Å². The molecule has 0 aliphatic rings. The second-order valence-electron chi connectivity index (χ2n) is 3.70. The Morgan fingerprint density at radius 1 is 1.42 bits per heavy atom. The van der Waals surface area contributed by atoms with Crippen LogP contribution in [0.4, 0.5) is 5.69 Å². The summed E-state index contributed by atoms with van der Waals surface area (Å²) in [4.78, 5) is 9.84. The van der Waals surface area contributed by atoms with Crippen LogP contribution in [0.15, 0.2) is 29.2 Å². The maximum absolute atomic E-state index is 11.9. The minimum atomic E-state index is -3.71. The zero-order chi connectivity index (χ0) is 14.3. The number of hydrogen-bond acceptors (Lipinski definition) is 5. The van der Waals surface area contributed by atoms with Gasteiger partial charge in [0.1, 0.15) is 0 Å². The van der Waals surface area contributed by atoms with Crippen molar-refractivity contribution in [3.8, 4) is 0 Å². The summed E-state index contributed by atoms with van der Waals surface area (Å²) in [6, 6.07) is 4.93. The molecule has 0 radical (unpaired) electrons. The van der Waals surface area contributed by atoms with Crippen molar-refractivity contribution in [1.82, 2.24) is 4.72 Å². The molecule has 0 atom stereocenters. The SMILES string of the molecule is CCOCCCNS(=O)(=O)c1cccc([N+](=O)[O-])c1. The number of benzene rings is 1. The normalized spacial score (nSPS) is 11.4. The number of nitro groups is 1. The maximum Gasteiger partial charge on any atom is 0.270 e. The van der Waals surface area contributed by atoms with Gasteiger partial charge in [-0.25, -0.2) is 13.1 Å². The number of sulfonamides is 1. The molecule has 0 aliphatic heterocycles. The first-order valence-electron chi connectivity index (χ1n) is 5.79. The first-order valence-corrected chi connectivity index (χ1v) is 7.27. The summed E-state index contributed by atoms with van der Waals surface area (Å²) in [6.07, 6.45) is 0.544. The Morgan fingerprint density at radius 3 is 2.79 bits per heavy atom. The van der Waals surface area contributed by atoms with Crippen LogP contribution in [0.1, 0.15) is 13.3 Å². The van der Waals surface area contributed by atoms with E-state index >= 15 is 0 Å². The molecular formula is C11H16N2O5S. The van der Waals surface area contributed by atoms with Crippen molar-refractivity contribution in [1.29, 1.82) is 0 Å². The van der Waals surface area contributed by atoms with Crippen LogP contribution in [0.5, 0.6) is 0 Å². The highest BCUT2D eigenvalue weighted by atomic mass is 32.2. The summed E-state index contributed by atoms with van der Waals surface area (Å²) < 4.78 is 31.2. The Labute approximate surface area is 111 Å². The van der Waals surface area contributed by atoms with E-state index in [-0.39, 0.29) is 17.1 Å². The predicted molar refractivity (Wildman–Crippen MR) is 69.4 cm³/mol. The Bertz CT molecular complexity index is 530. The van der Waals surface area contributed by atoms with Crippen LogP contribution in [-0.2, 0) is 14.8 Å². The quantitative estimate of drug-likeness (QED) is 0.441. The third-order valence-electron chi connectivity index (χ3n) is 2.30. The van der Waals surface area contributed by atoms with Crippen molar-refractivity contribution in [2.75, 3.05) is 19.8 Å². The second-order valence-corrected chi connectivity index (χ2v) is 5.47. The van der Waals surface area contributed by atoms with Crippen molar-refractivity contribution in [3.05, 3.63) is 34.4 Å². The molecule has 0 saturated carbocycles. The molecule has 0 heterocycles. The molecule has 0 aliphatic carbocycles. The predicted octanol–water partition coefficient (Wildman–Crippen LogP) is 1.30. The number of hydrogen-bond donors (Lipinski definition) is 1. The summed E-state index contributed by atoms with van der Waals surface area (Å²) in [5.74, 6) is 0. The van der Waals surface area contributed by atoms with Crippen LogP contribution in [0, 0.1) is 10.1 Å². The van der Waals surface area contributed by atoms with E-state index in [4.69, 9.17) is 4.74 Å². The third-order valence-corrected chi connectivity index (χ3v) is 3.76. The first kappa shape index (κ1) is 15.5. The molecule has 0 saturated heterocycles. The lowest BCUT2D eigenvalue weighted by molar-refractivity contribution is -0.385. The first-order chi connectivity index (χ1) is 8.97. The Hall–Kier alpha value is -1.51. The lowest BCUT2D eigenvalue weighted by Crippen LogP contribution is -2.25. The molecule has 0 unspecified atom stereocenters. The van der Waals surface area contributed by atoms with Crippen molar-refractivity contribution in [2.24, 2.45) is 0 Å². The fraction of sp³-hybridized carbons (Fsp3) is 0.455. The molecule has 0 bridgehead atoms. The van der Waals surface area contributed by atoms with Crippen LogP contribution < -0.4 is 4.72 Å². The average Bonchev–Trinajstić information content (AvgIpc) is 2.38. The highest BCUT2D eigenvalue weighted by Gasteiger charge is 2.16. The zero-order valence-electron chi connectivity index (χ0n) is 10.5. The summed E-state index contributed by atoms with van der Waals surface area (Å²) in [5, 5.41) is 10.6. The van der Waals surface area contributed by atoms with Crippen molar-refractivity contribution >= 4 is 15.7 Å². The van der Waals surface area contributed by atoms with Crippen molar-refractivity contribution in [2.45, 2.75) is 18.2 Å². The summed E-state index contributed by atoms with van der Waals surface area (Å²) in [7, 11) is -3.71. The van der Waals surface area contributed by atoms with E-state index in [0.29, 0.717) is 19.6 Å². The highest BCUT2D eigenvalue weighted by molar-refractivity contribution is 7.89. The van der Waals surface area contributed by atoms with Crippen LogP contribution >= 0.6 is 0 Å². The largest absolute Gasteiger partial charge is 0.382 e. The number of ether oxygens (including phenoxy) is 1. The van der Waals surface area contributed by atoms with E-state index in [1.807, 2.05) is 6.92 Å². The van der Waals surface area contributed by atoms with Gasteiger partial charge in [-0.1, -0.05) is 6.07 Å². The van der Waals surface area contributed by atoms with Gasteiger partial charge >= 0.3 is 0 Å². The molecule has 7 nitrogen and oxygen atoms in total. The fourth-order valence-corrected chi connectivity index (χ4v) is 2.49. The van der Waals surface area contributed by atoms with Gasteiger partial charge in [0.15, 0.2) is 0 Å². The molecular weight excluding hydrogens is 272 g/mol.